The number of piperidine rings is 1. The van der Waals surface area contributed by atoms with Gasteiger partial charge in [0.25, 0.3) is 0 Å². The van der Waals surface area contributed by atoms with E-state index in [1.54, 1.807) is 0 Å². The Morgan fingerprint density at radius 3 is 2.50 bits per heavy atom. The van der Waals surface area contributed by atoms with Crippen LogP contribution >= 0.6 is 0 Å². The number of hydrogen-bond acceptors (Lipinski definition) is 3. The minimum atomic E-state index is 0.763. The molecule has 0 amide bonds. The van der Waals surface area contributed by atoms with Crippen molar-refractivity contribution in [3.63, 3.8) is 0 Å². The molecule has 0 aliphatic carbocycles. The van der Waals surface area contributed by atoms with Crippen molar-refractivity contribution >= 4 is 0 Å². The highest BCUT2D eigenvalue weighted by atomic mass is 15.1. The van der Waals surface area contributed by atoms with Crippen LogP contribution in [0.3, 0.4) is 0 Å². The van der Waals surface area contributed by atoms with Crippen molar-refractivity contribution in [2.45, 2.75) is 25.8 Å². The lowest BCUT2D eigenvalue weighted by atomic mass is 9.96. The average molecular weight is 197 g/mol. The van der Waals surface area contributed by atoms with Gasteiger partial charge in [-0.05, 0) is 44.9 Å². The van der Waals surface area contributed by atoms with E-state index in [0.29, 0.717) is 0 Å². The molecule has 2 aliphatic heterocycles. The Morgan fingerprint density at radius 2 is 2.00 bits per heavy atom. The number of rotatable bonds is 4. The summed E-state index contributed by atoms with van der Waals surface area (Å²) in [6.45, 7) is 9.70. The van der Waals surface area contributed by atoms with Crippen LogP contribution in [-0.2, 0) is 0 Å². The summed E-state index contributed by atoms with van der Waals surface area (Å²) in [5.74, 6) is 0.929. The van der Waals surface area contributed by atoms with Crippen molar-refractivity contribution in [2.24, 2.45) is 5.92 Å². The predicted octanol–water partition coefficient (Wildman–Crippen LogP) is 0.280. The van der Waals surface area contributed by atoms with Crippen LogP contribution in [0.5, 0.6) is 0 Å². The average Bonchev–Trinajstić information content (AvgIpc) is 2.16. The molecule has 82 valence electrons. The maximum Gasteiger partial charge on any atom is 0.0317 e. The van der Waals surface area contributed by atoms with Gasteiger partial charge in [-0.25, -0.2) is 0 Å². The summed E-state index contributed by atoms with van der Waals surface area (Å²) in [4.78, 5) is 2.56. The van der Waals surface area contributed by atoms with E-state index < -0.39 is 0 Å². The quantitative estimate of drug-likeness (QED) is 0.678. The van der Waals surface area contributed by atoms with Crippen molar-refractivity contribution in [1.82, 2.24) is 15.5 Å². The zero-order valence-corrected chi connectivity index (χ0v) is 9.26. The fourth-order valence-electron chi connectivity index (χ4n) is 2.27. The van der Waals surface area contributed by atoms with Crippen LogP contribution in [0.4, 0.5) is 0 Å². The van der Waals surface area contributed by atoms with Crippen LogP contribution in [0, 0.1) is 5.92 Å². The molecule has 0 atom stereocenters. The third-order valence-corrected chi connectivity index (χ3v) is 3.63. The Labute approximate surface area is 87.2 Å². The molecule has 2 saturated heterocycles. The smallest absolute Gasteiger partial charge is 0.0317 e. The fraction of sp³-hybridized carbons (Fsp3) is 1.00. The van der Waals surface area contributed by atoms with Crippen LogP contribution in [0.15, 0.2) is 0 Å². The lowest BCUT2D eigenvalue weighted by molar-refractivity contribution is 0.184. The normalized spacial score (nSPS) is 26.4. The van der Waals surface area contributed by atoms with Crippen molar-refractivity contribution in [2.75, 3.05) is 39.3 Å². The predicted molar refractivity (Wildman–Crippen MR) is 59.5 cm³/mol. The summed E-state index contributed by atoms with van der Waals surface area (Å²) in [5, 5.41) is 6.94. The SMILES string of the molecule is CCN1CCC(CNC2CNC2)CC1. The first-order valence-electron chi connectivity index (χ1n) is 6.05. The van der Waals surface area contributed by atoms with Crippen molar-refractivity contribution < 1.29 is 0 Å². The van der Waals surface area contributed by atoms with Gasteiger partial charge in [-0.1, -0.05) is 6.92 Å². The van der Waals surface area contributed by atoms with E-state index in [9.17, 15) is 0 Å². The molecule has 2 N–H and O–H groups in total. The summed E-state index contributed by atoms with van der Waals surface area (Å²) in [5.41, 5.74) is 0. The zero-order chi connectivity index (χ0) is 9.80. The van der Waals surface area contributed by atoms with Crippen LogP contribution < -0.4 is 10.6 Å². The van der Waals surface area contributed by atoms with E-state index in [2.05, 4.69) is 22.5 Å². The first kappa shape index (κ1) is 10.4. The Balaban J connectivity index is 1.58. The largest absolute Gasteiger partial charge is 0.314 e. The highest BCUT2D eigenvalue weighted by molar-refractivity contribution is 4.83. The van der Waals surface area contributed by atoms with E-state index in [0.717, 1.165) is 12.0 Å². The molecule has 2 aliphatic rings. The lowest BCUT2D eigenvalue weighted by Crippen LogP contribution is -2.56. The highest BCUT2D eigenvalue weighted by Gasteiger charge is 2.21. The summed E-state index contributed by atoms with van der Waals surface area (Å²) in [6.07, 6.45) is 2.78. The molecule has 0 aromatic heterocycles. The van der Waals surface area contributed by atoms with E-state index in [4.69, 9.17) is 0 Å². The van der Waals surface area contributed by atoms with Crippen molar-refractivity contribution in [1.29, 1.82) is 0 Å². The second kappa shape index (κ2) is 5.10. The summed E-state index contributed by atoms with van der Waals surface area (Å²) in [7, 11) is 0. The van der Waals surface area contributed by atoms with Crippen LogP contribution in [0.25, 0.3) is 0 Å². The topological polar surface area (TPSA) is 27.3 Å². The van der Waals surface area contributed by atoms with E-state index in [1.165, 1.54) is 52.1 Å². The molecule has 0 radical (unpaired) electrons. The molecular weight excluding hydrogens is 174 g/mol. The molecular formula is C11H23N3. The lowest BCUT2D eigenvalue weighted by Gasteiger charge is -2.34. The molecule has 2 heterocycles. The molecule has 0 spiro atoms. The maximum atomic E-state index is 3.64. The van der Waals surface area contributed by atoms with Gasteiger partial charge in [0.05, 0.1) is 0 Å². The first-order chi connectivity index (χ1) is 6.88. The Kier molecular flexibility index (Phi) is 3.79. The minimum absolute atomic E-state index is 0.763. The van der Waals surface area contributed by atoms with Gasteiger partial charge in [0.1, 0.15) is 0 Å². The van der Waals surface area contributed by atoms with E-state index >= 15 is 0 Å². The van der Waals surface area contributed by atoms with E-state index in [1.807, 2.05) is 0 Å². The standard InChI is InChI=1S/C11H23N3/c1-2-14-5-3-10(4-6-14)7-13-11-8-12-9-11/h10-13H,2-9H2,1H3. The number of nitrogens with one attached hydrogen (secondary N) is 2. The number of nitrogens with zero attached hydrogens (tertiary/aromatic N) is 1. The van der Waals surface area contributed by atoms with Crippen LogP contribution in [0.1, 0.15) is 19.8 Å². The summed E-state index contributed by atoms with van der Waals surface area (Å²) in [6, 6.07) is 0.763. The monoisotopic (exact) mass is 197 g/mol. The first-order valence-corrected chi connectivity index (χ1v) is 6.05. The molecule has 3 nitrogen and oxygen atoms in total. The molecule has 0 bridgehead atoms. The van der Waals surface area contributed by atoms with Gasteiger partial charge in [-0.2, -0.15) is 0 Å². The van der Waals surface area contributed by atoms with Gasteiger partial charge < -0.3 is 15.5 Å². The van der Waals surface area contributed by atoms with Gasteiger partial charge in [-0.15, -0.1) is 0 Å². The third kappa shape index (κ3) is 2.69. The van der Waals surface area contributed by atoms with Gasteiger partial charge in [0.2, 0.25) is 0 Å². The van der Waals surface area contributed by atoms with Crippen LogP contribution in [-0.4, -0.2) is 50.2 Å². The molecule has 2 fully saturated rings. The second-order valence-electron chi connectivity index (χ2n) is 4.64. The third-order valence-electron chi connectivity index (χ3n) is 3.63. The van der Waals surface area contributed by atoms with E-state index in [-0.39, 0.29) is 0 Å². The molecule has 0 aromatic carbocycles. The maximum absolute atomic E-state index is 3.64. The van der Waals surface area contributed by atoms with Gasteiger partial charge in [-0.3, -0.25) is 0 Å². The molecule has 14 heavy (non-hydrogen) atoms. The summed E-state index contributed by atoms with van der Waals surface area (Å²) >= 11 is 0. The second-order valence-corrected chi connectivity index (χ2v) is 4.64. The van der Waals surface area contributed by atoms with Crippen LogP contribution in [0.2, 0.25) is 0 Å². The Bertz CT molecular complexity index is 160. The van der Waals surface area contributed by atoms with Gasteiger partial charge in [0, 0.05) is 19.1 Å². The zero-order valence-electron chi connectivity index (χ0n) is 9.26. The van der Waals surface area contributed by atoms with Crippen molar-refractivity contribution in [3.8, 4) is 0 Å². The molecule has 3 heteroatoms. The molecule has 0 aromatic rings. The number of hydrogen-bond donors (Lipinski definition) is 2. The Hall–Kier alpha value is -0.120. The molecule has 2 rings (SSSR count). The Morgan fingerprint density at radius 1 is 1.29 bits per heavy atom. The number of likely N-dealkylation sites (tertiary alicyclic amines) is 1. The van der Waals surface area contributed by atoms with Crippen molar-refractivity contribution in [3.05, 3.63) is 0 Å². The summed E-state index contributed by atoms with van der Waals surface area (Å²) < 4.78 is 0. The van der Waals surface area contributed by atoms with Gasteiger partial charge in [0.15, 0.2) is 0 Å². The highest BCUT2D eigenvalue weighted by Crippen LogP contribution is 2.16. The minimum Gasteiger partial charge on any atom is -0.314 e. The molecule has 0 saturated carbocycles. The molecule has 0 unspecified atom stereocenters. The fourth-order valence-corrected chi connectivity index (χ4v) is 2.27. The van der Waals surface area contributed by atoms with Gasteiger partial charge >= 0.3 is 0 Å².